The minimum absolute atomic E-state index is 0.488. The number of rotatable bonds is 9. The van der Waals surface area contributed by atoms with E-state index < -0.39 is 5.41 Å². The molecule has 8 rings (SSSR count). The van der Waals surface area contributed by atoms with E-state index in [2.05, 4.69) is 219 Å². The molecular weight excluding hydrogens is 627 g/mol. The molecule has 7 aromatic carbocycles. The Bertz CT molecular complexity index is 2380. The van der Waals surface area contributed by atoms with Gasteiger partial charge in [0, 0.05) is 17.1 Å². The second-order valence-electron chi connectivity index (χ2n) is 13.3. The maximum atomic E-state index is 4.03. The molecule has 250 valence electrons. The van der Waals surface area contributed by atoms with Crippen molar-refractivity contribution in [3.8, 4) is 22.3 Å². The number of anilines is 3. The zero-order valence-corrected chi connectivity index (χ0v) is 29.7. The molecule has 0 saturated carbocycles. The van der Waals surface area contributed by atoms with Crippen molar-refractivity contribution in [3.05, 3.63) is 240 Å². The predicted octanol–water partition coefficient (Wildman–Crippen LogP) is 13.7. The summed E-state index contributed by atoms with van der Waals surface area (Å²) in [6.07, 6.45) is 6.14. The first-order valence-corrected chi connectivity index (χ1v) is 18.0. The van der Waals surface area contributed by atoms with Gasteiger partial charge in [-0.15, -0.1) is 0 Å². The summed E-state index contributed by atoms with van der Waals surface area (Å²) in [6, 6.07) is 66.4. The fourth-order valence-corrected chi connectivity index (χ4v) is 7.99. The molecule has 1 heteroatoms. The van der Waals surface area contributed by atoms with Crippen LogP contribution in [0.1, 0.15) is 41.7 Å². The van der Waals surface area contributed by atoms with Gasteiger partial charge in [-0.3, -0.25) is 0 Å². The molecule has 0 N–H and O–H groups in total. The molecule has 1 aliphatic carbocycles. The van der Waals surface area contributed by atoms with Gasteiger partial charge in [0.25, 0.3) is 0 Å². The largest absolute Gasteiger partial charge is 0.310 e. The minimum Gasteiger partial charge on any atom is -0.310 e. The van der Waals surface area contributed by atoms with Crippen LogP contribution in [0.25, 0.3) is 27.8 Å². The molecule has 0 aliphatic heterocycles. The Morgan fingerprint density at radius 2 is 1.08 bits per heavy atom. The van der Waals surface area contributed by atoms with Crippen LogP contribution in [0.15, 0.2) is 212 Å². The first kappa shape index (κ1) is 32.7. The van der Waals surface area contributed by atoms with E-state index in [1.165, 1.54) is 50.1 Å². The van der Waals surface area contributed by atoms with Crippen molar-refractivity contribution >= 4 is 22.6 Å². The van der Waals surface area contributed by atoms with E-state index in [9.17, 15) is 0 Å². The van der Waals surface area contributed by atoms with Crippen molar-refractivity contribution in [3.63, 3.8) is 0 Å². The molecule has 0 amide bonds. The van der Waals surface area contributed by atoms with Crippen LogP contribution in [0.5, 0.6) is 0 Å². The van der Waals surface area contributed by atoms with Gasteiger partial charge in [-0.1, -0.05) is 170 Å². The average Bonchev–Trinajstić information content (AvgIpc) is 3.51. The van der Waals surface area contributed by atoms with Crippen LogP contribution in [0.3, 0.4) is 0 Å². The summed E-state index contributed by atoms with van der Waals surface area (Å²) >= 11 is 0. The van der Waals surface area contributed by atoms with Crippen LogP contribution >= 0.6 is 0 Å². The highest BCUT2D eigenvalue weighted by molar-refractivity contribution is 5.90. The zero-order chi connectivity index (χ0) is 35.5. The lowest BCUT2D eigenvalue weighted by Crippen LogP contribution is -2.28. The smallest absolute Gasteiger partial charge is 0.0714 e. The van der Waals surface area contributed by atoms with Gasteiger partial charge in [-0.2, -0.15) is 0 Å². The average molecular weight is 668 g/mol. The summed E-state index contributed by atoms with van der Waals surface area (Å²) in [6.45, 7) is 8.28. The van der Waals surface area contributed by atoms with Gasteiger partial charge >= 0.3 is 0 Å². The standard InChI is InChI=1S/C51H41N/c1-4-18-46(37(3)5-2)40-21-17-26-44(35-40)52(43-31-29-39(30-32-43)38-19-9-6-10-20-38)45-33-34-48-47-27-15-16-28-49(47)51(50(48)36-45,41-22-11-7-12-23-41)42-24-13-8-14-25-42/h4-36H,1H2,2-3H3/b37-5-,46-18+. The van der Waals surface area contributed by atoms with Crippen molar-refractivity contribution in [1.29, 1.82) is 0 Å². The Balaban J connectivity index is 1.38. The second-order valence-corrected chi connectivity index (χ2v) is 13.3. The monoisotopic (exact) mass is 667 g/mol. The topological polar surface area (TPSA) is 3.24 Å². The molecule has 0 spiro atoms. The molecule has 0 fully saturated rings. The first-order chi connectivity index (χ1) is 25.6. The minimum atomic E-state index is -0.488. The molecule has 1 aliphatic rings. The molecular formula is C51H41N. The Kier molecular flexibility index (Phi) is 8.85. The molecule has 0 atom stereocenters. The Hall–Kier alpha value is -6.44. The van der Waals surface area contributed by atoms with Gasteiger partial charge < -0.3 is 4.90 Å². The highest BCUT2D eigenvalue weighted by Crippen LogP contribution is 2.57. The van der Waals surface area contributed by atoms with E-state index in [0.29, 0.717) is 0 Å². The molecule has 0 heterocycles. The molecule has 7 aromatic rings. The van der Waals surface area contributed by atoms with Gasteiger partial charge in [0.15, 0.2) is 0 Å². The van der Waals surface area contributed by atoms with E-state index in [1.54, 1.807) is 0 Å². The lowest BCUT2D eigenvalue weighted by molar-refractivity contribution is 0.768. The van der Waals surface area contributed by atoms with Crippen molar-refractivity contribution in [2.45, 2.75) is 19.3 Å². The predicted molar refractivity (Wildman–Crippen MR) is 221 cm³/mol. The maximum absolute atomic E-state index is 4.03. The quantitative estimate of drug-likeness (QED) is 0.139. The van der Waals surface area contributed by atoms with E-state index >= 15 is 0 Å². The fraction of sp³-hybridized carbons (Fsp3) is 0.0588. The number of hydrogen-bond acceptors (Lipinski definition) is 1. The molecule has 1 nitrogen and oxygen atoms in total. The van der Waals surface area contributed by atoms with Crippen molar-refractivity contribution < 1.29 is 0 Å². The number of allylic oxidation sites excluding steroid dienone is 5. The molecule has 0 unspecified atom stereocenters. The van der Waals surface area contributed by atoms with E-state index in [0.717, 1.165) is 28.2 Å². The van der Waals surface area contributed by atoms with Crippen LogP contribution in [0, 0.1) is 0 Å². The van der Waals surface area contributed by atoms with Gasteiger partial charge in [-0.25, -0.2) is 0 Å². The van der Waals surface area contributed by atoms with Gasteiger partial charge in [0.05, 0.1) is 5.41 Å². The molecule has 0 bridgehead atoms. The summed E-state index contributed by atoms with van der Waals surface area (Å²) < 4.78 is 0. The Morgan fingerprint density at radius 1 is 0.519 bits per heavy atom. The third-order valence-corrected chi connectivity index (χ3v) is 10.5. The van der Waals surface area contributed by atoms with Crippen LogP contribution in [0.2, 0.25) is 0 Å². The number of benzene rings is 7. The summed E-state index contributed by atoms with van der Waals surface area (Å²) in [4.78, 5) is 2.40. The lowest BCUT2D eigenvalue weighted by atomic mass is 9.67. The van der Waals surface area contributed by atoms with Gasteiger partial charge in [-0.05, 0) is 111 Å². The second kappa shape index (κ2) is 14.1. The van der Waals surface area contributed by atoms with Crippen molar-refractivity contribution in [1.82, 2.24) is 0 Å². The summed E-state index contributed by atoms with van der Waals surface area (Å²) in [7, 11) is 0. The van der Waals surface area contributed by atoms with Gasteiger partial charge in [0.2, 0.25) is 0 Å². The summed E-state index contributed by atoms with van der Waals surface area (Å²) in [5.41, 5.74) is 16.3. The van der Waals surface area contributed by atoms with Crippen molar-refractivity contribution in [2.24, 2.45) is 0 Å². The van der Waals surface area contributed by atoms with Crippen molar-refractivity contribution in [2.75, 3.05) is 4.90 Å². The first-order valence-electron chi connectivity index (χ1n) is 18.0. The number of fused-ring (bicyclic) bond motifs is 3. The van der Waals surface area contributed by atoms with Crippen LogP contribution in [0.4, 0.5) is 17.1 Å². The fourth-order valence-electron chi connectivity index (χ4n) is 7.99. The van der Waals surface area contributed by atoms with Crippen LogP contribution < -0.4 is 4.90 Å². The Morgan fingerprint density at radius 3 is 1.73 bits per heavy atom. The summed E-state index contributed by atoms with van der Waals surface area (Å²) in [5, 5.41) is 0. The maximum Gasteiger partial charge on any atom is 0.0714 e. The Labute approximate surface area is 308 Å². The molecule has 0 aromatic heterocycles. The molecule has 0 saturated heterocycles. The highest BCUT2D eigenvalue weighted by atomic mass is 15.1. The number of hydrogen-bond donors (Lipinski definition) is 0. The number of nitrogens with zero attached hydrogens (tertiary/aromatic N) is 1. The van der Waals surface area contributed by atoms with Crippen LogP contribution in [-0.4, -0.2) is 0 Å². The van der Waals surface area contributed by atoms with Gasteiger partial charge in [0.1, 0.15) is 0 Å². The van der Waals surface area contributed by atoms with E-state index in [1.807, 2.05) is 6.08 Å². The SMILES string of the molecule is C=C/C=C(\C(C)=C/C)c1cccc(N(c2ccc(-c3ccccc3)cc2)c2ccc3c(c2)C(c2ccccc2)(c2ccccc2)c2ccccc2-3)c1. The van der Waals surface area contributed by atoms with E-state index in [-0.39, 0.29) is 0 Å². The lowest BCUT2D eigenvalue weighted by Gasteiger charge is -2.35. The molecule has 0 radical (unpaired) electrons. The third-order valence-electron chi connectivity index (χ3n) is 10.5. The van der Waals surface area contributed by atoms with E-state index in [4.69, 9.17) is 0 Å². The van der Waals surface area contributed by atoms with Crippen LogP contribution in [-0.2, 0) is 5.41 Å². The third kappa shape index (κ3) is 5.61. The highest BCUT2D eigenvalue weighted by Gasteiger charge is 2.46. The summed E-state index contributed by atoms with van der Waals surface area (Å²) in [5.74, 6) is 0. The molecule has 52 heavy (non-hydrogen) atoms. The zero-order valence-electron chi connectivity index (χ0n) is 29.7. The normalized spacial score (nSPS) is 13.3.